The Balaban J connectivity index is 2.47. The normalized spacial score (nSPS) is 25.9. The van der Waals surface area contributed by atoms with Gasteiger partial charge in [-0.25, -0.2) is 0 Å². The van der Waals surface area contributed by atoms with Crippen molar-refractivity contribution in [3.8, 4) is 0 Å². The molecule has 1 rings (SSSR count). The summed E-state index contributed by atoms with van der Waals surface area (Å²) in [7, 11) is -1.59. The SMILES string of the molecule is CCP1(=O)CCCCC1. The van der Waals surface area contributed by atoms with Gasteiger partial charge in [-0.15, -0.1) is 0 Å². The van der Waals surface area contributed by atoms with Crippen molar-refractivity contribution in [3.63, 3.8) is 0 Å². The van der Waals surface area contributed by atoms with Gasteiger partial charge in [0.15, 0.2) is 0 Å². The highest BCUT2D eigenvalue weighted by Crippen LogP contribution is 2.49. The first kappa shape index (κ1) is 7.34. The summed E-state index contributed by atoms with van der Waals surface area (Å²) < 4.78 is 11.6. The van der Waals surface area contributed by atoms with Gasteiger partial charge < -0.3 is 4.57 Å². The summed E-state index contributed by atoms with van der Waals surface area (Å²) in [5, 5.41) is 0. The predicted molar refractivity (Wildman–Crippen MR) is 41.7 cm³/mol. The maximum absolute atomic E-state index is 11.6. The third-order valence-electron chi connectivity index (χ3n) is 2.21. The van der Waals surface area contributed by atoms with Crippen LogP contribution < -0.4 is 0 Å². The third kappa shape index (κ3) is 1.82. The van der Waals surface area contributed by atoms with E-state index in [0.29, 0.717) is 0 Å². The quantitative estimate of drug-likeness (QED) is 0.519. The average molecular weight is 146 g/mol. The lowest BCUT2D eigenvalue weighted by atomic mass is 10.3. The molecule has 54 valence electrons. The van der Waals surface area contributed by atoms with Crippen molar-refractivity contribution >= 4 is 7.14 Å². The zero-order chi connectivity index (χ0) is 6.74. The van der Waals surface area contributed by atoms with Gasteiger partial charge in [-0.2, -0.15) is 0 Å². The van der Waals surface area contributed by atoms with Crippen LogP contribution in [0.4, 0.5) is 0 Å². The maximum Gasteiger partial charge on any atom is 0.0875 e. The first-order valence-corrected chi connectivity index (χ1v) is 6.10. The van der Waals surface area contributed by atoms with E-state index in [1.807, 2.05) is 0 Å². The van der Waals surface area contributed by atoms with Gasteiger partial charge in [-0.1, -0.05) is 13.3 Å². The van der Waals surface area contributed by atoms with E-state index in [9.17, 15) is 4.57 Å². The molecule has 0 aromatic carbocycles. The molecule has 0 aromatic rings. The molecule has 0 radical (unpaired) electrons. The summed E-state index contributed by atoms with van der Waals surface area (Å²) in [6.07, 6.45) is 6.74. The molecule has 9 heavy (non-hydrogen) atoms. The minimum absolute atomic E-state index is 0.938. The van der Waals surface area contributed by atoms with Crippen LogP contribution in [-0.2, 0) is 4.57 Å². The minimum atomic E-state index is -1.59. The second-order valence-corrected chi connectivity index (χ2v) is 6.53. The topological polar surface area (TPSA) is 17.1 Å². The standard InChI is InChI=1S/C7H15OP/c1-2-9(8)6-4-3-5-7-9/h2-7H2,1H3. The second kappa shape index (κ2) is 2.88. The van der Waals surface area contributed by atoms with E-state index in [0.717, 1.165) is 18.5 Å². The molecule has 0 amide bonds. The molecule has 0 atom stereocenters. The van der Waals surface area contributed by atoms with Gasteiger partial charge in [0.25, 0.3) is 0 Å². The van der Waals surface area contributed by atoms with Gasteiger partial charge in [-0.3, -0.25) is 0 Å². The zero-order valence-electron chi connectivity index (χ0n) is 6.10. The van der Waals surface area contributed by atoms with Crippen LogP contribution in [0.15, 0.2) is 0 Å². The van der Waals surface area contributed by atoms with E-state index in [1.54, 1.807) is 0 Å². The summed E-state index contributed by atoms with van der Waals surface area (Å²) in [6.45, 7) is 2.06. The molecule has 0 saturated carbocycles. The summed E-state index contributed by atoms with van der Waals surface area (Å²) in [6, 6.07) is 0. The summed E-state index contributed by atoms with van der Waals surface area (Å²) in [5.74, 6) is 0. The van der Waals surface area contributed by atoms with Gasteiger partial charge in [0.2, 0.25) is 0 Å². The fraction of sp³-hybridized carbons (Fsp3) is 1.00. The monoisotopic (exact) mass is 146 g/mol. The van der Waals surface area contributed by atoms with Crippen molar-refractivity contribution in [3.05, 3.63) is 0 Å². The summed E-state index contributed by atoms with van der Waals surface area (Å²) >= 11 is 0. The lowest BCUT2D eigenvalue weighted by molar-refractivity contribution is 0.560. The highest BCUT2D eigenvalue weighted by atomic mass is 31.2. The van der Waals surface area contributed by atoms with E-state index in [-0.39, 0.29) is 0 Å². The lowest BCUT2D eigenvalue weighted by Crippen LogP contribution is -2.04. The van der Waals surface area contributed by atoms with Crippen LogP contribution in [0.2, 0.25) is 0 Å². The predicted octanol–water partition coefficient (Wildman–Crippen LogP) is 2.55. The van der Waals surface area contributed by atoms with Crippen LogP contribution in [0.25, 0.3) is 0 Å². The van der Waals surface area contributed by atoms with Gasteiger partial charge in [0.1, 0.15) is 0 Å². The zero-order valence-corrected chi connectivity index (χ0v) is 6.99. The Kier molecular flexibility index (Phi) is 2.35. The Morgan fingerprint density at radius 1 is 1.22 bits per heavy atom. The van der Waals surface area contributed by atoms with E-state index < -0.39 is 7.14 Å². The van der Waals surface area contributed by atoms with Crippen molar-refractivity contribution in [2.45, 2.75) is 26.2 Å². The van der Waals surface area contributed by atoms with Gasteiger partial charge in [-0.05, 0) is 19.0 Å². The van der Waals surface area contributed by atoms with Crippen LogP contribution >= 0.6 is 7.14 Å². The van der Waals surface area contributed by atoms with Crippen LogP contribution in [0.5, 0.6) is 0 Å². The lowest BCUT2D eigenvalue weighted by Gasteiger charge is -2.20. The molecule has 0 bridgehead atoms. The molecular formula is C7H15OP. The smallest absolute Gasteiger partial charge is 0.0875 e. The number of hydrogen-bond donors (Lipinski definition) is 0. The maximum atomic E-state index is 11.6. The number of rotatable bonds is 1. The Morgan fingerprint density at radius 2 is 1.78 bits per heavy atom. The van der Waals surface area contributed by atoms with E-state index in [4.69, 9.17) is 0 Å². The molecule has 1 aliphatic heterocycles. The van der Waals surface area contributed by atoms with Gasteiger partial charge in [0, 0.05) is 12.3 Å². The Hall–Kier alpha value is 0.230. The van der Waals surface area contributed by atoms with Gasteiger partial charge in [0.05, 0.1) is 7.14 Å². The molecule has 0 aromatic heterocycles. The highest BCUT2D eigenvalue weighted by molar-refractivity contribution is 7.63. The molecule has 1 aliphatic rings. The molecular weight excluding hydrogens is 131 g/mol. The van der Waals surface area contributed by atoms with Crippen LogP contribution in [0, 0.1) is 0 Å². The molecule has 0 aliphatic carbocycles. The average Bonchev–Trinajstić information content (AvgIpc) is 1.90. The molecule has 0 N–H and O–H groups in total. The van der Waals surface area contributed by atoms with E-state index >= 15 is 0 Å². The van der Waals surface area contributed by atoms with E-state index in [1.165, 1.54) is 19.3 Å². The second-order valence-electron chi connectivity index (χ2n) is 2.88. The first-order chi connectivity index (χ1) is 4.27. The van der Waals surface area contributed by atoms with Crippen molar-refractivity contribution in [2.75, 3.05) is 18.5 Å². The summed E-state index contributed by atoms with van der Waals surface area (Å²) in [4.78, 5) is 0. The van der Waals surface area contributed by atoms with E-state index in [2.05, 4.69) is 6.92 Å². The van der Waals surface area contributed by atoms with Crippen LogP contribution in [0.1, 0.15) is 26.2 Å². The summed E-state index contributed by atoms with van der Waals surface area (Å²) in [5.41, 5.74) is 0. The van der Waals surface area contributed by atoms with Crippen LogP contribution in [0.3, 0.4) is 0 Å². The molecule has 1 nitrogen and oxygen atoms in total. The van der Waals surface area contributed by atoms with Crippen molar-refractivity contribution in [1.82, 2.24) is 0 Å². The molecule has 1 fully saturated rings. The Morgan fingerprint density at radius 3 is 2.11 bits per heavy atom. The molecule has 2 heteroatoms. The molecule has 1 saturated heterocycles. The minimum Gasteiger partial charge on any atom is -0.324 e. The highest BCUT2D eigenvalue weighted by Gasteiger charge is 2.21. The van der Waals surface area contributed by atoms with Crippen molar-refractivity contribution in [1.29, 1.82) is 0 Å². The van der Waals surface area contributed by atoms with Crippen molar-refractivity contribution < 1.29 is 4.57 Å². The van der Waals surface area contributed by atoms with Crippen molar-refractivity contribution in [2.24, 2.45) is 0 Å². The van der Waals surface area contributed by atoms with Gasteiger partial charge >= 0.3 is 0 Å². The molecule has 0 unspecified atom stereocenters. The third-order valence-corrected chi connectivity index (χ3v) is 5.62. The molecule has 0 spiro atoms. The Bertz CT molecular complexity index is 121. The van der Waals surface area contributed by atoms with Crippen LogP contribution in [-0.4, -0.2) is 18.5 Å². The number of hydrogen-bond acceptors (Lipinski definition) is 1. The largest absolute Gasteiger partial charge is 0.324 e. The Labute approximate surface area is 57.2 Å². The molecule has 1 heterocycles. The fourth-order valence-electron chi connectivity index (χ4n) is 1.40. The fourth-order valence-corrected chi connectivity index (χ4v) is 3.86. The first-order valence-electron chi connectivity index (χ1n) is 3.84.